The Bertz CT molecular complexity index is 1110. The van der Waals surface area contributed by atoms with E-state index in [2.05, 4.69) is 20.3 Å². The molecule has 0 aliphatic rings. The number of carboxylic acid groups (broad SMARTS) is 1. The van der Waals surface area contributed by atoms with Crippen LogP contribution in [0.1, 0.15) is 11.3 Å². The molecule has 11 heteroatoms. The summed E-state index contributed by atoms with van der Waals surface area (Å²) < 4.78 is 49.1. The van der Waals surface area contributed by atoms with Crippen LogP contribution in [0.4, 0.5) is 19.0 Å². The summed E-state index contributed by atoms with van der Waals surface area (Å²) in [5.41, 5.74) is 1.64. The standard InChI is InChI=1S/C22H21F3N4O4/c1-32-16-5-6-19(33-2)17(8-16)13-3-4-15(27-11-13)7-18(21(30)31)29-20-14(9-22(23,24)25)10-26-12-28-20/h3-6,8,10-12,18H,7,9H2,1-2H3,(H,30,31)(H,26,28,29). The molecule has 0 bridgehead atoms. The molecule has 0 aliphatic heterocycles. The number of benzene rings is 1. The highest BCUT2D eigenvalue weighted by atomic mass is 19.4. The van der Waals surface area contributed by atoms with Crippen molar-refractivity contribution in [3.63, 3.8) is 0 Å². The van der Waals surface area contributed by atoms with Crippen LogP contribution in [0.15, 0.2) is 49.1 Å². The number of nitrogens with one attached hydrogen (secondary N) is 1. The number of halogens is 3. The van der Waals surface area contributed by atoms with Crippen LogP contribution in [0, 0.1) is 0 Å². The normalized spacial score (nSPS) is 12.2. The van der Waals surface area contributed by atoms with Gasteiger partial charge in [0.2, 0.25) is 0 Å². The first-order chi connectivity index (χ1) is 15.7. The van der Waals surface area contributed by atoms with Gasteiger partial charge < -0.3 is 19.9 Å². The Morgan fingerprint density at radius 3 is 2.52 bits per heavy atom. The van der Waals surface area contributed by atoms with Gasteiger partial charge in [0.05, 0.1) is 20.6 Å². The van der Waals surface area contributed by atoms with E-state index < -0.39 is 24.6 Å². The average Bonchev–Trinajstić information content (AvgIpc) is 2.78. The predicted octanol–water partition coefficient (Wildman–Crippen LogP) is 3.77. The number of carbonyl (C=O) groups is 1. The molecule has 0 amide bonds. The van der Waals surface area contributed by atoms with Crippen molar-refractivity contribution in [3.8, 4) is 22.6 Å². The van der Waals surface area contributed by atoms with Gasteiger partial charge in [0.15, 0.2) is 0 Å². The van der Waals surface area contributed by atoms with E-state index in [4.69, 9.17) is 9.47 Å². The number of rotatable bonds is 9. The maximum Gasteiger partial charge on any atom is 0.393 e. The van der Waals surface area contributed by atoms with Crippen LogP contribution in [0.5, 0.6) is 11.5 Å². The Balaban J connectivity index is 1.80. The molecule has 2 heterocycles. The topological polar surface area (TPSA) is 106 Å². The molecule has 2 N–H and O–H groups in total. The lowest BCUT2D eigenvalue weighted by atomic mass is 10.0. The molecule has 3 rings (SSSR count). The number of nitrogens with zero attached hydrogens (tertiary/aromatic N) is 3. The van der Waals surface area contributed by atoms with Crippen LogP contribution < -0.4 is 14.8 Å². The zero-order valence-electron chi connectivity index (χ0n) is 17.8. The van der Waals surface area contributed by atoms with E-state index in [0.717, 1.165) is 23.7 Å². The number of carboxylic acids is 1. The lowest BCUT2D eigenvalue weighted by Gasteiger charge is -2.18. The van der Waals surface area contributed by atoms with Gasteiger partial charge in [-0.25, -0.2) is 14.8 Å². The van der Waals surface area contributed by atoms with Crippen molar-refractivity contribution in [1.82, 2.24) is 15.0 Å². The SMILES string of the molecule is COc1ccc(OC)c(-c2ccc(CC(Nc3ncncc3CC(F)(F)F)C(=O)O)nc2)c1. The maximum absolute atomic E-state index is 12.8. The third kappa shape index (κ3) is 6.31. The van der Waals surface area contributed by atoms with Crippen molar-refractivity contribution in [3.05, 3.63) is 60.3 Å². The van der Waals surface area contributed by atoms with Gasteiger partial charge in [-0.3, -0.25) is 4.98 Å². The summed E-state index contributed by atoms with van der Waals surface area (Å²) in [4.78, 5) is 23.5. The second-order valence-corrected chi connectivity index (χ2v) is 7.03. The maximum atomic E-state index is 12.8. The highest BCUT2D eigenvalue weighted by molar-refractivity contribution is 5.77. The number of aliphatic carboxylic acids is 1. The summed E-state index contributed by atoms with van der Waals surface area (Å²) in [5, 5.41) is 12.2. The van der Waals surface area contributed by atoms with E-state index in [1.165, 1.54) is 7.11 Å². The van der Waals surface area contributed by atoms with Crippen LogP contribution in [0.25, 0.3) is 11.1 Å². The van der Waals surface area contributed by atoms with E-state index in [-0.39, 0.29) is 17.8 Å². The van der Waals surface area contributed by atoms with Crippen molar-refractivity contribution >= 4 is 11.8 Å². The molecule has 0 aliphatic carbocycles. The van der Waals surface area contributed by atoms with Gasteiger partial charge in [0.1, 0.15) is 29.7 Å². The lowest BCUT2D eigenvalue weighted by Crippen LogP contribution is -2.33. The van der Waals surface area contributed by atoms with Gasteiger partial charge in [-0.05, 0) is 24.3 Å². The number of alkyl halides is 3. The van der Waals surface area contributed by atoms with E-state index in [9.17, 15) is 23.1 Å². The summed E-state index contributed by atoms with van der Waals surface area (Å²) >= 11 is 0. The molecular formula is C22H21F3N4O4. The number of hydrogen-bond donors (Lipinski definition) is 2. The third-order valence-electron chi connectivity index (χ3n) is 4.74. The summed E-state index contributed by atoms with van der Waals surface area (Å²) in [5.74, 6) is -0.208. The molecule has 1 atom stereocenters. The second-order valence-electron chi connectivity index (χ2n) is 7.03. The molecule has 1 aromatic carbocycles. The molecule has 0 fully saturated rings. The molecule has 0 saturated heterocycles. The molecule has 1 unspecified atom stereocenters. The van der Waals surface area contributed by atoms with Crippen LogP contribution in [0.2, 0.25) is 0 Å². The fraction of sp³-hybridized carbons (Fsp3) is 0.273. The lowest BCUT2D eigenvalue weighted by molar-refractivity contribution is -0.137. The minimum absolute atomic E-state index is 0.0830. The van der Waals surface area contributed by atoms with E-state index >= 15 is 0 Å². The van der Waals surface area contributed by atoms with Crippen LogP contribution in [0.3, 0.4) is 0 Å². The van der Waals surface area contributed by atoms with Crippen molar-refractivity contribution in [2.24, 2.45) is 0 Å². The average molecular weight is 462 g/mol. The Kier molecular flexibility index (Phi) is 7.31. The Hall–Kier alpha value is -3.89. The Morgan fingerprint density at radius 2 is 1.91 bits per heavy atom. The summed E-state index contributed by atoms with van der Waals surface area (Å²) in [7, 11) is 3.08. The molecular weight excluding hydrogens is 441 g/mol. The predicted molar refractivity (Wildman–Crippen MR) is 113 cm³/mol. The fourth-order valence-corrected chi connectivity index (χ4v) is 3.15. The quantitative estimate of drug-likeness (QED) is 0.495. The first-order valence-corrected chi connectivity index (χ1v) is 9.72. The summed E-state index contributed by atoms with van der Waals surface area (Å²) in [6.07, 6.45) is -2.23. The highest BCUT2D eigenvalue weighted by Gasteiger charge is 2.30. The number of ether oxygens (including phenoxy) is 2. The van der Waals surface area contributed by atoms with E-state index in [0.29, 0.717) is 17.2 Å². The van der Waals surface area contributed by atoms with Gasteiger partial charge in [-0.15, -0.1) is 0 Å². The Labute approximate surface area is 187 Å². The fourth-order valence-electron chi connectivity index (χ4n) is 3.15. The smallest absolute Gasteiger partial charge is 0.393 e. The van der Waals surface area contributed by atoms with Crippen LogP contribution in [-0.2, 0) is 17.6 Å². The van der Waals surface area contributed by atoms with E-state index in [1.54, 1.807) is 43.6 Å². The van der Waals surface area contributed by atoms with Crippen molar-refractivity contribution < 1.29 is 32.5 Å². The number of hydrogen-bond acceptors (Lipinski definition) is 7. The van der Waals surface area contributed by atoms with Gasteiger partial charge >= 0.3 is 12.1 Å². The molecule has 8 nitrogen and oxygen atoms in total. The van der Waals surface area contributed by atoms with Gasteiger partial charge in [0.25, 0.3) is 0 Å². The van der Waals surface area contributed by atoms with Crippen molar-refractivity contribution in [1.29, 1.82) is 0 Å². The largest absolute Gasteiger partial charge is 0.497 e. The Morgan fingerprint density at radius 1 is 1.12 bits per heavy atom. The molecule has 3 aromatic rings. The summed E-state index contributed by atoms with van der Waals surface area (Å²) in [6.45, 7) is 0. The van der Waals surface area contributed by atoms with Crippen molar-refractivity contribution in [2.75, 3.05) is 19.5 Å². The third-order valence-corrected chi connectivity index (χ3v) is 4.74. The van der Waals surface area contributed by atoms with Gasteiger partial charge in [0, 0.05) is 41.2 Å². The molecule has 2 aromatic heterocycles. The zero-order valence-corrected chi connectivity index (χ0v) is 17.8. The summed E-state index contributed by atoms with van der Waals surface area (Å²) in [6, 6.07) is 7.44. The molecule has 174 valence electrons. The molecule has 0 spiro atoms. The highest BCUT2D eigenvalue weighted by Crippen LogP contribution is 2.33. The first-order valence-electron chi connectivity index (χ1n) is 9.72. The van der Waals surface area contributed by atoms with E-state index in [1.807, 2.05) is 0 Å². The molecule has 0 radical (unpaired) electrons. The number of anilines is 1. The minimum Gasteiger partial charge on any atom is -0.497 e. The number of aromatic nitrogens is 3. The monoisotopic (exact) mass is 462 g/mol. The van der Waals surface area contributed by atoms with Crippen LogP contribution >= 0.6 is 0 Å². The first kappa shape index (κ1) is 23.8. The number of methoxy groups -OCH3 is 2. The van der Waals surface area contributed by atoms with Gasteiger partial charge in [-0.1, -0.05) is 6.07 Å². The molecule has 33 heavy (non-hydrogen) atoms. The number of pyridine rings is 1. The van der Waals surface area contributed by atoms with Crippen LogP contribution in [-0.4, -0.2) is 52.5 Å². The minimum atomic E-state index is -4.49. The zero-order chi connectivity index (χ0) is 24.0. The van der Waals surface area contributed by atoms with Crippen molar-refractivity contribution in [2.45, 2.75) is 25.1 Å². The van der Waals surface area contributed by atoms with Gasteiger partial charge in [-0.2, -0.15) is 13.2 Å². The molecule has 0 saturated carbocycles. The second kappa shape index (κ2) is 10.2.